The number of hydrogen-bond donors (Lipinski definition) is 1. The van der Waals surface area contributed by atoms with E-state index in [0.717, 1.165) is 39.1 Å². The van der Waals surface area contributed by atoms with Crippen LogP contribution in [0.4, 0.5) is 5.69 Å². The van der Waals surface area contributed by atoms with E-state index in [1.807, 2.05) is 0 Å². The summed E-state index contributed by atoms with van der Waals surface area (Å²) in [7, 11) is 0. The van der Waals surface area contributed by atoms with Crippen molar-refractivity contribution in [2.75, 3.05) is 25.0 Å². The number of ether oxygens (including phenoxy) is 1. The first-order chi connectivity index (χ1) is 9.72. The second-order valence-electron chi connectivity index (χ2n) is 5.67. The largest absolute Gasteiger partial charge is 0.382 e. The molecule has 0 saturated carbocycles. The maximum atomic E-state index is 5.63. The summed E-state index contributed by atoms with van der Waals surface area (Å²) in [5.41, 5.74) is 2.69. The smallest absolute Gasteiger partial charge is 0.0566 e. The zero-order chi connectivity index (χ0) is 14.4. The molecule has 1 aliphatic heterocycles. The second kappa shape index (κ2) is 7.65. The van der Waals surface area contributed by atoms with Crippen molar-refractivity contribution in [2.24, 2.45) is 0 Å². The van der Waals surface area contributed by atoms with Crippen molar-refractivity contribution in [3.8, 4) is 0 Å². The minimum Gasteiger partial charge on any atom is -0.382 e. The maximum Gasteiger partial charge on any atom is 0.0566 e. The van der Waals surface area contributed by atoms with Gasteiger partial charge in [-0.25, -0.2) is 0 Å². The fourth-order valence-corrected chi connectivity index (χ4v) is 2.84. The van der Waals surface area contributed by atoms with Crippen LogP contribution in [-0.2, 0) is 11.3 Å². The molecule has 0 spiro atoms. The summed E-state index contributed by atoms with van der Waals surface area (Å²) >= 11 is 0. The number of nitrogens with one attached hydrogen (secondary N) is 1. The Morgan fingerprint density at radius 1 is 1.25 bits per heavy atom. The number of nitrogens with zero attached hydrogens (tertiary/aromatic N) is 1. The van der Waals surface area contributed by atoms with Gasteiger partial charge in [0.25, 0.3) is 0 Å². The summed E-state index contributed by atoms with van der Waals surface area (Å²) in [6.45, 7) is 10.7. The van der Waals surface area contributed by atoms with E-state index in [4.69, 9.17) is 4.74 Å². The molecular formula is C17H28N2O. The minimum absolute atomic E-state index is 0.371. The first-order valence-corrected chi connectivity index (χ1v) is 7.91. The van der Waals surface area contributed by atoms with Crippen LogP contribution in [-0.4, -0.2) is 36.7 Å². The minimum atomic E-state index is 0.371. The molecule has 1 saturated heterocycles. The zero-order valence-corrected chi connectivity index (χ0v) is 13.1. The molecule has 0 amide bonds. The Kier molecular flexibility index (Phi) is 5.86. The Labute approximate surface area is 123 Å². The molecule has 3 nitrogen and oxygen atoms in total. The highest BCUT2D eigenvalue weighted by Gasteiger charge is 2.19. The van der Waals surface area contributed by atoms with E-state index in [0.29, 0.717) is 12.1 Å². The first kappa shape index (κ1) is 15.3. The van der Waals surface area contributed by atoms with E-state index in [-0.39, 0.29) is 0 Å². The molecule has 1 heterocycles. The van der Waals surface area contributed by atoms with Crippen molar-refractivity contribution < 1.29 is 4.74 Å². The van der Waals surface area contributed by atoms with Gasteiger partial charge in [0.1, 0.15) is 0 Å². The van der Waals surface area contributed by atoms with Crippen LogP contribution >= 0.6 is 0 Å². The third-order valence-corrected chi connectivity index (χ3v) is 4.15. The van der Waals surface area contributed by atoms with Crippen molar-refractivity contribution in [2.45, 2.75) is 52.3 Å². The number of hydrogen-bond acceptors (Lipinski definition) is 3. The Hall–Kier alpha value is -1.06. The Morgan fingerprint density at radius 3 is 2.70 bits per heavy atom. The van der Waals surface area contributed by atoms with Gasteiger partial charge in [-0.2, -0.15) is 0 Å². The predicted molar refractivity (Wildman–Crippen MR) is 85.1 cm³/mol. The van der Waals surface area contributed by atoms with Crippen molar-refractivity contribution >= 4 is 5.69 Å². The van der Waals surface area contributed by atoms with Crippen molar-refractivity contribution in [1.29, 1.82) is 0 Å². The van der Waals surface area contributed by atoms with Crippen molar-refractivity contribution in [1.82, 2.24) is 4.90 Å². The second-order valence-corrected chi connectivity index (χ2v) is 5.67. The molecule has 1 aromatic carbocycles. The van der Waals surface area contributed by atoms with Gasteiger partial charge in [0.05, 0.1) is 6.10 Å². The SMILES string of the molecule is CCN(CC)Cc1ccccc1NC1CCOC(C)C1. The molecule has 0 bridgehead atoms. The predicted octanol–water partition coefficient (Wildman–Crippen LogP) is 3.51. The van der Waals surface area contributed by atoms with E-state index in [2.05, 4.69) is 55.3 Å². The molecule has 0 radical (unpaired) electrons. The monoisotopic (exact) mass is 276 g/mol. The van der Waals surface area contributed by atoms with Gasteiger partial charge >= 0.3 is 0 Å². The van der Waals surface area contributed by atoms with E-state index in [1.165, 1.54) is 11.3 Å². The Bertz CT molecular complexity index is 404. The quantitative estimate of drug-likeness (QED) is 0.860. The zero-order valence-electron chi connectivity index (χ0n) is 13.1. The van der Waals surface area contributed by atoms with Crippen molar-refractivity contribution in [3.63, 3.8) is 0 Å². The molecule has 3 heteroatoms. The van der Waals surface area contributed by atoms with Crippen LogP contribution in [0.2, 0.25) is 0 Å². The standard InChI is InChI=1S/C17H28N2O/c1-4-19(5-2)13-15-8-6-7-9-17(15)18-16-10-11-20-14(3)12-16/h6-9,14,16,18H,4-5,10-13H2,1-3H3. The highest BCUT2D eigenvalue weighted by Crippen LogP contribution is 2.22. The molecule has 2 atom stereocenters. The molecule has 2 unspecified atom stereocenters. The fourth-order valence-electron chi connectivity index (χ4n) is 2.84. The lowest BCUT2D eigenvalue weighted by atomic mass is 10.0. The van der Waals surface area contributed by atoms with Gasteiger partial charge in [-0.1, -0.05) is 32.0 Å². The summed E-state index contributed by atoms with van der Waals surface area (Å²) in [6, 6.07) is 9.24. The van der Waals surface area contributed by atoms with Gasteiger partial charge in [-0.15, -0.1) is 0 Å². The lowest BCUT2D eigenvalue weighted by Gasteiger charge is -2.30. The van der Waals surface area contributed by atoms with E-state index in [1.54, 1.807) is 0 Å². The number of anilines is 1. The third-order valence-electron chi connectivity index (χ3n) is 4.15. The average Bonchev–Trinajstić information content (AvgIpc) is 2.46. The maximum absolute atomic E-state index is 5.63. The van der Waals surface area contributed by atoms with E-state index < -0.39 is 0 Å². The fraction of sp³-hybridized carbons (Fsp3) is 0.647. The van der Waals surface area contributed by atoms with Gasteiger partial charge in [-0.05, 0) is 44.5 Å². The Morgan fingerprint density at radius 2 is 2.00 bits per heavy atom. The van der Waals surface area contributed by atoms with E-state index in [9.17, 15) is 0 Å². The molecule has 0 aliphatic carbocycles. The highest BCUT2D eigenvalue weighted by molar-refractivity contribution is 5.51. The van der Waals surface area contributed by atoms with Crippen LogP contribution in [0.25, 0.3) is 0 Å². The summed E-state index contributed by atoms with van der Waals surface area (Å²) in [5, 5.41) is 3.73. The number of benzene rings is 1. The third kappa shape index (κ3) is 4.22. The molecule has 112 valence electrons. The number of rotatable bonds is 6. The molecular weight excluding hydrogens is 248 g/mol. The van der Waals surface area contributed by atoms with Gasteiger partial charge in [0.15, 0.2) is 0 Å². The molecule has 1 aliphatic rings. The summed E-state index contributed by atoms with van der Waals surface area (Å²) in [5.74, 6) is 0. The molecule has 1 aromatic rings. The molecule has 1 N–H and O–H groups in total. The molecule has 2 rings (SSSR count). The van der Waals surface area contributed by atoms with Crippen LogP contribution in [0, 0.1) is 0 Å². The van der Waals surface area contributed by atoms with Gasteiger partial charge in [0.2, 0.25) is 0 Å². The van der Waals surface area contributed by atoms with Crippen LogP contribution in [0.15, 0.2) is 24.3 Å². The van der Waals surface area contributed by atoms with Crippen LogP contribution in [0.3, 0.4) is 0 Å². The lowest BCUT2D eigenvalue weighted by molar-refractivity contribution is 0.0232. The average molecular weight is 276 g/mol. The van der Waals surface area contributed by atoms with E-state index >= 15 is 0 Å². The van der Waals surface area contributed by atoms with Crippen molar-refractivity contribution in [3.05, 3.63) is 29.8 Å². The first-order valence-electron chi connectivity index (χ1n) is 7.91. The topological polar surface area (TPSA) is 24.5 Å². The molecule has 1 fully saturated rings. The van der Waals surface area contributed by atoms with Crippen LogP contribution in [0.1, 0.15) is 39.2 Å². The van der Waals surface area contributed by atoms with Gasteiger partial charge < -0.3 is 10.1 Å². The summed E-state index contributed by atoms with van der Waals surface area (Å²) in [4.78, 5) is 2.45. The van der Waals surface area contributed by atoms with Crippen LogP contribution in [0.5, 0.6) is 0 Å². The lowest BCUT2D eigenvalue weighted by Crippen LogP contribution is -2.33. The molecule has 20 heavy (non-hydrogen) atoms. The van der Waals surface area contributed by atoms with Gasteiger partial charge in [0, 0.05) is 24.9 Å². The molecule has 0 aromatic heterocycles. The summed E-state index contributed by atoms with van der Waals surface area (Å²) < 4.78 is 5.63. The highest BCUT2D eigenvalue weighted by atomic mass is 16.5. The van der Waals surface area contributed by atoms with Crippen LogP contribution < -0.4 is 5.32 Å². The Balaban J connectivity index is 2.03. The number of para-hydroxylation sites is 1. The normalized spacial score (nSPS) is 23.0. The van der Waals surface area contributed by atoms with Gasteiger partial charge in [-0.3, -0.25) is 4.90 Å². The summed E-state index contributed by atoms with van der Waals surface area (Å²) in [6.07, 6.45) is 2.57.